The third-order valence-electron chi connectivity index (χ3n) is 6.82. The lowest BCUT2D eigenvalue weighted by molar-refractivity contribution is 0.414. The summed E-state index contributed by atoms with van der Waals surface area (Å²) in [4.78, 5) is 11.6. The van der Waals surface area contributed by atoms with Gasteiger partial charge in [-0.15, -0.1) is 0 Å². The molecule has 38 heavy (non-hydrogen) atoms. The molecule has 1 saturated heterocycles. The zero-order valence-electron chi connectivity index (χ0n) is 22.0. The maximum absolute atomic E-state index is 12.3. The van der Waals surface area contributed by atoms with Gasteiger partial charge in [0.25, 0.3) is 0 Å². The largest absolute Gasteiger partial charge is 0.497 e. The van der Waals surface area contributed by atoms with Crippen LogP contribution in [0.1, 0.15) is 12.5 Å². The second-order valence-corrected chi connectivity index (χ2v) is 11.6. The Balaban J connectivity index is 1.39. The van der Waals surface area contributed by atoms with E-state index in [-0.39, 0.29) is 0 Å². The Morgan fingerprint density at radius 3 is 2.68 bits per heavy atom. The standard InChI is InChI=1S/C27H33N7O3S/c1-19-17-33(14-12-28-19)23-7-5-22(6-8-23)30-27-29-16-20-11-13-34(26(20)31-27)18-21-15-24(37-3)9-10-25(21)32(2)38(4,35)36/h5-11,13,15-16,19,28H,12,14,17-18H2,1-4H3,(H,29,30,31). The van der Waals surface area contributed by atoms with Crippen LogP contribution in [0.4, 0.5) is 23.0 Å². The highest BCUT2D eigenvalue weighted by Gasteiger charge is 2.18. The summed E-state index contributed by atoms with van der Waals surface area (Å²) in [7, 11) is -0.295. The lowest BCUT2D eigenvalue weighted by Crippen LogP contribution is -2.49. The smallest absolute Gasteiger partial charge is 0.232 e. The second kappa shape index (κ2) is 10.5. The first-order valence-corrected chi connectivity index (χ1v) is 14.3. The number of nitrogens with one attached hydrogen (secondary N) is 2. The summed E-state index contributed by atoms with van der Waals surface area (Å²) in [6.07, 6.45) is 4.90. The Morgan fingerprint density at radius 1 is 1.18 bits per heavy atom. The van der Waals surface area contributed by atoms with Crippen LogP contribution in [0.15, 0.2) is 60.9 Å². The zero-order chi connectivity index (χ0) is 26.9. The van der Waals surface area contributed by atoms with Gasteiger partial charge in [0.15, 0.2) is 0 Å². The van der Waals surface area contributed by atoms with Crippen molar-refractivity contribution >= 4 is 44.1 Å². The van der Waals surface area contributed by atoms with Gasteiger partial charge in [0.1, 0.15) is 11.4 Å². The van der Waals surface area contributed by atoms with Gasteiger partial charge >= 0.3 is 0 Å². The lowest BCUT2D eigenvalue weighted by Gasteiger charge is -2.33. The van der Waals surface area contributed by atoms with E-state index in [1.807, 2.05) is 35.0 Å². The van der Waals surface area contributed by atoms with E-state index in [9.17, 15) is 8.42 Å². The van der Waals surface area contributed by atoms with Gasteiger partial charge in [-0.1, -0.05) is 0 Å². The van der Waals surface area contributed by atoms with E-state index in [1.165, 1.54) is 16.2 Å². The average molecular weight is 536 g/mol. The van der Waals surface area contributed by atoms with Crippen molar-refractivity contribution in [3.63, 3.8) is 0 Å². The van der Waals surface area contributed by atoms with Gasteiger partial charge in [-0.05, 0) is 61.0 Å². The third kappa shape index (κ3) is 5.53. The maximum Gasteiger partial charge on any atom is 0.232 e. The predicted octanol–water partition coefficient (Wildman–Crippen LogP) is 3.43. The van der Waals surface area contributed by atoms with Crippen LogP contribution in [-0.2, 0) is 16.6 Å². The zero-order valence-corrected chi connectivity index (χ0v) is 22.9. The molecule has 5 rings (SSSR count). The number of rotatable bonds is 8. The number of benzene rings is 2. The highest BCUT2D eigenvalue weighted by Crippen LogP contribution is 2.29. The number of aromatic nitrogens is 3. The highest BCUT2D eigenvalue weighted by molar-refractivity contribution is 7.92. The Bertz CT molecular complexity index is 1540. The number of hydrogen-bond acceptors (Lipinski definition) is 8. The van der Waals surface area contributed by atoms with Crippen molar-refractivity contribution in [2.75, 3.05) is 54.6 Å². The molecule has 2 aromatic carbocycles. The first kappa shape index (κ1) is 25.8. The number of ether oxygens (including phenoxy) is 1. The highest BCUT2D eigenvalue weighted by atomic mass is 32.2. The van der Waals surface area contributed by atoms with Crippen LogP contribution in [0.5, 0.6) is 5.75 Å². The van der Waals surface area contributed by atoms with E-state index in [0.29, 0.717) is 30.0 Å². The number of hydrogen-bond donors (Lipinski definition) is 2. The molecule has 11 heteroatoms. The fraction of sp³-hybridized carbons (Fsp3) is 0.333. The van der Waals surface area contributed by atoms with Gasteiger partial charge in [-0.3, -0.25) is 4.31 Å². The van der Waals surface area contributed by atoms with E-state index in [1.54, 1.807) is 32.5 Å². The summed E-state index contributed by atoms with van der Waals surface area (Å²) >= 11 is 0. The summed E-state index contributed by atoms with van der Waals surface area (Å²) in [6.45, 7) is 5.56. The SMILES string of the molecule is COc1ccc(N(C)S(C)(=O)=O)c(Cn2ccc3cnc(Nc4ccc(N5CCNC(C)C5)cc4)nc32)c1. The van der Waals surface area contributed by atoms with Crippen molar-refractivity contribution in [2.24, 2.45) is 0 Å². The monoisotopic (exact) mass is 535 g/mol. The Labute approximate surface area is 223 Å². The summed E-state index contributed by atoms with van der Waals surface area (Å²) < 4.78 is 33.2. The molecule has 0 amide bonds. The van der Waals surface area contributed by atoms with Gasteiger partial charge in [-0.25, -0.2) is 13.4 Å². The molecule has 4 aromatic rings. The first-order chi connectivity index (χ1) is 18.2. The predicted molar refractivity (Wildman–Crippen MR) is 152 cm³/mol. The minimum atomic E-state index is -3.43. The summed E-state index contributed by atoms with van der Waals surface area (Å²) in [6, 6.07) is 16.1. The minimum Gasteiger partial charge on any atom is -0.497 e. The number of sulfonamides is 1. The number of methoxy groups -OCH3 is 1. The van der Waals surface area contributed by atoms with E-state index in [4.69, 9.17) is 9.72 Å². The molecule has 1 fully saturated rings. The van der Waals surface area contributed by atoms with E-state index >= 15 is 0 Å². The van der Waals surface area contributed by atoms with Crippen molar-refractivity contribution < 1.29 is 13.2 Å². The van der Waals surface area contributed by atoms with Crippen LogP contribution in [0.25, 0.3) is 11.0 Å². The van der Waals surface area contributed by atoms with E-state index < -0.39 is 10.0 Å². The topological polar surface area (TPSA) is 105 Å². The Kier molecular flexibility index (Phi) is 7.13. The van der Waals surface area contributed by atoms with Gasteiger partial charge in [0.05, 0.1) is 25.6 Å². The van der Waals surface area contributed by atoms with Gasteiger partial charge in [-0.2, -0.15) is 4.98 Å². The van der Waals surface area contributed by atoms with Crippen LogP contribution in [0, 0.1) is 0 Å². The number of fused-ring (bicyclic) bond motifs is 1. The van der Waals surface area contributed by atoms with Crippen LogP contribution in [0.3, 0.4) is 0 Å². The molecule has 0 spiro atoms. The summed E-state index contributed by atoms with van der Waals surface area (Å²) in [5, 5.41) is 7.67. The van der Waals surface area contributed by atoms with Gasteiger partial charge in [0, 0.05) is 61.9 Å². The summed E-state index contributed by atoms with van der Waals surface area (Å²) in [5.41, 5.74) is 4.22. The fourth-order valence-corrected chi connectivity index (χ4v) is 5.23. The van der Waals surface area contributed by atoms with Crippen molar-refractivity contribution in [2.45, 2.75) is 19.5 Å². The van der Waals surface area contributed by atoms with Crippen LogP contribution in [-0.4, -0.2) is 69.0 Å². The number of piperazine rings is 1. The molecular formula is C27H33N7O3S. The molecule has 2 N–H and O–H groups in total. The molecule has 200 valence electrons. The first-order valence-electron chi connectivity index (χ1n) is 12.5. The molecule has 1 aliphatic rings. The average Bonchev–Trinajstić information content (AvgIpc) is 3.30. The number of anilines is 4. The Hall–Kier alpha value is -3.83. The van der Waals surface area contributed by atoms with E-state index in [0.717, 1.165) is 41.9 Å². The van der Waals surface area contributed by atoms with Gasteiger partial charge < -0.3 is 24.8 Å². The van der Waals surface area contributed by atoms with Gasteiger partial charge in [0.2, 0.25) is 16.0 Å². The molecule has 0 aliphatic carbocycles. The molecular weight excluding hydrogens is 502 g/mol. The van der Waals surface area contributed by atoms with Crippen molar-refractivity contribution in [1.82, 2.24) is 19.9 Å². The van der Waals surface area contributed by atoms with Crippen LogP contribution >= 0.6 is 0 Å². The van der Waals surface area contributed by atoms with E-state index in [2.05, 4.69) is 39.6 Å². The van der Waals surface area contributed by atoms with Crippen molar-refractivity contribution in [3.05, 3.63) is 66.5 Å². The molecule has 0 radical (unpaired) electrons. The molecule has 0 bridgehead atoms. The molecule has 2 aromatic heterocycles. The van der Waals surface area contributed by atoms with Crippen molar-refractivity contribution in [1.29, 1.82) is 0 Å². The Morgan fingerprint density at radius 2 is 1.97 bits per heavy atom. The normalized spacial score (nSPS) is 16.0. The molecule has 0 saturated carbocycles. The third-order valence-corrected chi connectivity index (χ3v) is 8.02. The summed E-state index contributed by atoms with van der Waals surface area (Å²) in [5.74, 6) is 1.14. The van der Waals surface area contributed by atoms with Crippen LogP contribution < -0.4 is 24.6 Å². The molecule has 1 aliphatic heterocycles. The second-order valence-electron chi connectivity index (χ2n) is 9.61. The number of nitrogens with zero attached hydrogens (tertiary/aromatic N) is 5. The lowest BCUT2D eigenvalue weighted by atomic mass is 10.1. The van der Waals surface area contributed by atoms with Crippen LogP contribution in [0.2, 0.25) is 0 Å². The minimum absolute atomic E-state index is 0.407. The molecule has 3 heterocycles. The van der Waals surface area contributed by atoms with Crippen molar-refractivity contribution in [3.8, 4) is 5.75 Å². The quantitative estimate of drug-likeness (QED) is 0.354. The molecule has 10 nitrogen and oxygen atoms in total. The maximum atomic E-state index is 12.3. The fourth-order valence-electron chi connectivity index (χ4n) is 4.69. The molecule has 1 atom stereocenters. The molecule has 1 unspecified atom stereocenters.